The number of carbonyl (C=O) groups excluding carboxylic acids is 1. The first-order chi connectivity index (χ1) is 12.3. The van der Waals surface area contributed by atoms with Gasteiger partial charge in [0, 0.05) is 17.3 Å². The number of carbonyl (C=O) groups is 1. The molecule has 2 aromatic rings. The molecule has 0 bridgehead atoms. The molecule has 1 saturated carbocycles. The zero-order valence-electron chi connectivity index (χ0n) is 13.5. The predicted octanol–water partition coefficient (Wildman–Crippen LogP) is 2.98. The molecule has 1 aliphatic rings. The molecule has 26 heavy (non-hydrogen) atoms. The molecular weight excluding hydrogens is 366 g/mol. The average Bonchev–Trinajstić information content (AvgIpc) is 3.38. The molecule has 0 spiro atoms. The molecule has 1 fully saturated rings. The molecule has 0 radical (unpaired) electrons. The molecule has 9 heteroatoms. The molecule has 1 aliphatic carbocycles. The van der Waals surface area contributed by atoms with Crippen LogP contribution in [-0.2, 0) is 10.0 Å². The van der Waals surface area contributed by atoms with E-state index in [1.54, 1.807) is 6.07 Å². The van der Waals surface area contributed by atoms with Gasteiger partial charge in [-0.3, -0.25) is 4.79 Å². The highest BCUT2D eigenvalue weighted by molar-refractivity contribution is 7.89. The number of sulfonamides is 1. The number of amides is 1. The van der Waals surface area contributed by atoms with Gasteiger partial charge in [-0.15, -0.1) is 0 Å². The minimum absolute atomic E-state index is 0.0211. The average molecular weight is 382 g/mol. The summed E-state index contributed by atoms with van der Waals surface area (Å²) in [6.45, 7) is -2.94. The molecule has 138 valence electrons. The molecular formula is C17H16F2N2O4S. The van der Waals surface area contributed by atoms with Gasteiger partial charge in [-0.1, -0.05) is 6.07 Å². The lowest BCUT2D eigenvalue weighted by atomic mass is 10.2. The maximum atomic E-state index is 12.2. The number of hydrogen-bond donors (Lipinski definition) is 2. The molecule has 0 aliphatic heterocycles. The van der Waals surface area contributed by atoms with E-state index < -0.39 is 22.5 Å². The van der Waals surface area contributed by atoms with Gasteiger partial charge in [0.05, 0.1) is 4.90 Å². The monoisotopic (exact) mass is 382 g/mol. The summed E-state index contributed by atoms with van der Waals surface area (Å²) in [6, 6.07) is 11.0. The summed E-state index contributed by atoms with van der Waals surface area (Å²) in [7, 11) is -3.63. The number of anilines is 1. The van der Waals surface area contributed by atoms with E-state index in [9.17, 15) is 22.0 Å². The highest BCUT2D eigenvalue weighted by atomic mass is 32.2. The van der Waals surface area contributed by atoms with Gasteiger partial charge in [0.1, 0.15) is 5.75 Å². The van der Waals surface area contributed by atoms with E-state index in [0.29, 0.717) is 5.69 Å². The Morgan fingerprint density at radius 2 is 1.81 bits per heavy atom. The standard InChI is InChI=1S/C17H16F2N2O4S/c18-17(19)25-14-8-4-11(5-9-14)16(22)20-13-2-1-3-15(10-13)26(23,24)21-12-6-7-12/h1-5,8-10,12,17,21H,6-7H2,(H,20,22). The number of nitrogens with one attached hydrogen (secondary N) is 2. The molecule has 2 N–H and O–H groups in total. The molecule has 3 rings (SSSR count). The lowest BCUT2D eigenvalue weighted by Gasteiger charge is -2.09. The van der Waals surface area contributed by atoms with E-state index in [-0.39, 0.29) is 22.3 Å². The highest BCUT2D eigenvalue weighted by Crippen LogP contribution is 2.23. The van der Waals surface area contributed by atoms with Crippen molar-refractivity contribution in [1.29, 1.82) is 0 Å². The van der Waals surface area contributed by atoms with Gasteiger partial charge in [-0.25, -0.2) is 13.1 Å². The maximum Gasteiger partial charge on any atom is 0.387 e. The van der Waals surface area contributed by atoms with Gasteiger partial charge in [-0.05, 0) is 55.3 Å². The molecule has 0 unspecified atom stereocenters. The second-order valence-electron chi connectivity index (χ2n) is 5.78. The Morgan fingerprint density at radius 3 is 2.42 bits per heavy atom. The van der Waals surface area contributed by atoms with Crippen molar-refractivity contribution in [3.8, 4) is 5.75 Å². The van der Waals surface area contributed by atoms with Gasteiger partial charge >= 0.3 is 6.61 Å². The fourth-order valence-corrected chi connectivity index (χ4v) is 3.57. The normalized spacial score (nSPS) is 14.3. The first-order valence-corrected chi connectivity index (χ1v) is 9.30. The molecule has 0 heterocycles. The highest BCUT2D eigenvalue weighted by Gasteiger charge is 2.28. The minimum Gasteiger partial charge on any atom is -0.435 e. The third kappa shape index (κ3) is 4.77. The van der Waals surface area contributed by atoms with Gasteiger partial charge in [0.25, 0.3) is 5.91 Å². The van der Waals surface area contributed by atoms with Crippen LogP contribution in [0.2, 0.25) is 0 Å². The molecule has 0 atom stereocenters. The first kappa shape index (κ1) is 18.3. The van der Waals surface area contributed by atoms with Crippen molar-refractivity contribution in [3.63, 3.8) is 0 Å². The van der Waals surface area contributed by atoms with Crippen molar-refractivity contribution in [1.82, 2.24) is 4.72 Å². The third-order valence-corrected chi connectivity index (χ3v) is 5.16. The van der Waals surface area contributed by atoms with E-state index in [1.807, 2.05) is 0 Å². The van der Waals surface area contributed by atoms with Crippen LogP contribution in [0.5, 0.6) is 5.75 Å². The van der Waals surface area contributed by atoms with Crippen molar-refractivity contribution in [2.45, 2.75) is 30.4 Å². The lowest BCUT2D eigenvalue weighted by molar-refractivity contribution is -0.0498. The number of halogens is 2. The number of ether oxygens (including phenoxy) is 1. The van der Waals surface area contributed by atoms with Crippen LogP contribution in [0.25, 0.3) is 0 Å². The van der Waals surface area contributed by atoms with Crippen molar-refractivity contribution in [2.75, 3.05) is 5.32 Å². The van der Waals surface area contributed by atoms with Crippen molar-refractivity contribution >= 4 is 21.6 Å². The SMILES string of the molecule is O=C(Nc1cccc(S(=O)(=O)NC2CC2)c1)c1ccc(OC(F)F)cc1. The van der Waals surface area contributed by atoms with Crippen molar-refractivity contribution in [3.05, 3.63) is 54.1 Å². The number of hydrogen-bond acceptors (Lipinski definition) is 4. The van der Waals surface area contributed by atoms with Crippen LogP contribution in [0.3, 0.4) is 0 Å². The zero-order valence-corrected chi connectivity index (χ0v) is 14.3. The molecule has 2 aromatic carbocycles. The Hall–Kier alpha value is -2.52. The van der Waals surface area contributed by atoms with Crippen LogP contribution in [0.4, 0.5) is 14.5 Å². The number of alkyl halides is 2. The maximum absolute atomic E-state index is 12.2. The summed E-state index contributed by atoms with van der Waals surface area (Å²) < 4.78 is 55.5. The summed E-state index contributed by atoms with van der Waals surface area (Å²) in [4.78, 5) is 12.3. The van der Waals surface area contributed by atoms with Crippen molar-refractivity contribution < 1.29 is 26.7 Å². The van der Waals surface area contributed by atoms with Crippen LogP contribution in [0, 0.1) is 0 Å². The fourth-order valence-electron chi connectivity index (χ4n) is 2.22. The summed E-state index contributed by atoms with van der Waals surface area (Å²) in [6.07, 6.45) is 1.64. The van der Waals surface area contributed by atoms with E-state index in [2.05, 4.69) is 14.8 Å². The van der Waals surface area contributed by atoms with E-state index in [0.717, 1.165) is 12.8 Å². The number of benzene rings is 2. The topological polar surface area (TPSA) is 84.5 Å². The molecule has 1 amide bonds. The smallest absolute Gasteiger partial charge is 0.387 e. The Morgan fingerprint density at radius 1 is 1.12 bits per heavy atom. The van der Waals surface area contributed by atoms with Gasteiger partial charge < -0.3 is 10.1 Å². The van der Waals surface area contributed by atoms with E-state index >= 15 is 0 Å². The van der Waals surface area contributed by atoms with E-state index in [4.69, 9.17) is 0 Å². The predicted molar refractivity (Wildman–Crippen MR) is 90.8 cm³/mol. The largest absolute Gasteiger partial charge is 0.435 e. The first-order valence-electron chi connectivity index (χ1n) is 7.82. The van der Waals surface area contributed by atoms with E-state index in [1.165, 1.54) is 42.5 Å². The molecule has 0 aromatic heterocycles. The minimum atomic E-state index is -3.63. The Kier molecular flexibility index (Phi) is 5.19. The van der Waals surface area contributed by atoms with Gasteiger partial charge in [0.2, 0.25) is 10.0 Å². The van der Waals surface area contributed by atoms with Crippen LogP contribution in [-0.4, -0.2) is 27.0 Å². The van der Waals surface area contributed by atoms with Gasteiger partial charge in [-0.2, -0.15) is 8.78 Å². The summed E-state index contributed by atoms with van der Waals surface area (Å²) in [5.41, 5.74) is 0.526. The zero-order chi connectivity index (χ0) is 18.7. The number of rotatable bonds is 7. The summed E-state index contributed by atoms with van der Waals surface area (Å²) in [5.74, 6) is -0.561. The fraction of sp³-hybridized carbons (Fsp3) is 0.235. The Labute approximate surface area is 149 Å². The summed E-state index contributed by atoms with van der Waals surface area (Å²) in [5, 5.41) is 2.58. The van der Waals surface area contributed by atoms with Crippen LogP contribution >= 0.6 is 0 Å². The lowest BCUT2D eigenvalue weighted by Crippen LogP contribution is -2.25. The van der Waals surface area contributed by atoms with Crippen LogP contribution in [0.15, 0.2) is 53.4 Å². The van der Waals surface area contributed by atoms with Crippen LogP contribution < -0.4 is 14.8 Å². The second-order valence-corrected chi connectivity index (χ2v) is 7.49. The molecule has 0 saturated heterocycles. The third-order valence-electron chi connectivity index (χ3n) is 3.64. The Balaban J connectivity index is 1.70. The van der Waals surface area contributed by atoms with Crippen LogP contribution in [0.1, 0.15) is 23.2 Å². The molecule has 6 nitrogen and oxygen atoms in total. The quantitative estimate of drug-likeness (QED) is 0.771. The Bertz CT molecular complexity index is 897. The van der Waals surface area contributed by atoms with Crippen molar-refractivity contribution in [2.24, 2.45) is 0 Å². The second kappa shape index (κ2) is 7.38. The summed E-state index contributed by atoms with van der Waals surface area (Å²) >= 11 is 0. The van der Waals surface area contributed by atoms with Gasteiger partial charge in [0.15, 0.2) is 0 Å².